The maximum absolute atomic E-state index is 12.9. The minimum absolute atomic E-state index is 0.0419. The average molecular weight is 361 g/mol. The fourth-order valence-electron chi connectivity index (χ4n) is 2.86. The Kier molecular flexibility index (Phi) is 6.16. The van der Waals surface area contributed by atoms with Gasteiger partial charge < -0.3 is 19.9 Å². The van der Waals surface area contributed by atoms with Gasteiger partial charge in [0.05, 0.1) is 12.7 Å². The van der Waals surface area contributed by atoms with Crippen LogP contribution in [0, 0.1) is 19.3 Å². The van der Waals surface area contributed by atoms with Crippen LogP contribution in [0.4, 0.5) is 4.79 Å². The third-order valence-corrected chi connectivity index (χ3v) is 4.67. The van der Waals surface area contributed by atoms with Gasteiger partial charge in [-0.2, -0.15) is 0 Å². The van der Waals surface area contributed by atoms with Gasteiger partial charge in [-0.15, -0.1) is 0 Å². The van der Waals surface area contributed by atoms with Gasteiger partial charge in [-0.25, -0.2) is 4.79 Å². The van der Waals surface area contributed by atoms with Crippen molar-refractivity contribution in [1.82, 2.24) is 15.1 Å². The van der Waals surface area contributed by atoms with E-state index >= 15 is 0 Å². The Balaban J connectivity index is 1.99. The largest absolute Gasteiger partial charge is 0.496 e. The Hall–Kier alpha value is -2.24. The first-order chi connectivity index (χ1) is 12.1. The highest BCUT2D eigenvalue weighted by atomic mass is 16.5. The molecule has 1 N–H and O–H groups in total. The highest BCUT2D eigenvalue weighted by Gasteiger charge is 2.27. The van der Waals surface area contributed by atoms with Crippen molar-refractivity contribution in [3.05, 3.63) is 28.8 Å². The zero-order valence-corrected chi connectivity index (χ0v) is 16.8. The molecule has 1 aromatic carbocycles. The summed E-state index contributed by atoms with van der Waals surface area (Å²) < 4.78 is 5.39. The zero-order valence-electron chi connectivity index (χ0n) is 16.8. The molecule has 1 aliphatic rings. The second-order valence-corrected chi connectivity index (χ2v) is 8.14. The number of nitrogens with one attached hydrogen (secondary N) is 1. The van der Waals surface area contributed by atoms with Gasteiger partial charge in [-0.3, -0.25) is 4.79 Å². The van der Waals surface area contributed by atoms with Gasteiger partial charge in [-0.05, 0) is 42.5 Å². The number of ether oxygens (including phenoxy) is 1. The highest BCUT2D eigenvalue weighted by Crippen LogP contribution is 2.25. The number of rotatable bonds is 3. The first-order valence-electron chi connectivity index (χ1n) is 9.09. The summed E-state index contributed by atoms with van der Waals surface area (Å²) in [5, 5.41) is 2.96. The lowest BCUT2D eigenvalue weighted by molar-refractivity contribution is 0.0660. The molecule has 0 bridgehead atoms. The number of urea groups is 1. The SMILES string of the molecule is COc1cc(C)c(C)cc1C(=O)N1CCN(C(=O)NCC(C)(C)C)CC1. The maximum Gasteiger partial charge on any atom is 0.317 e. The maximum atomic E-state index is 12.9. The third-order valence-electron chi connectivity index (χ3n) is 4.67. The highest BCUT2D eigenvalue weighted by molar-refractivity contribution is 5.97. The quantitative estimate of drug-likeness (QED) is 0.900. The first-order valence-corrected chi connectivity index (χ1v) is 9.09. The van der Waals surface area contributed by atoms with Crippen LogP contribution in [0.5, 0.6) is 5.75 Å². The summed E-state index contributed by atoms with van der Waals surface area (Å²) in [6, 6.07) is 3.73. The molecular formula is C20H31N3O3. The molecule has 144 valence electrons. The summed E-state index contributed by atoms with van der Waals surface area (Å²) >= 11 is 0. The van der Waals surface area contributed by atoms with Crippen molar-refractivity contribution in [1.29, 1.82) is 0 Å². The van der Waals surface area contributed by atoms with E-state index in [9.17, 15) is 9.59 Å². The molecule has 0 saturated carbocycles. The third kappa shape index (κ3) is 4.90. The van der Waals surface area contributed by atoms with E-state index in [1.54, 1.807) is 16.9 Å². The van der Waals surface area contributed by atoms with Gasteiger partial charge in [0.2, 0.25) is 0 Å². The standard InChI is InChI=1S/C20H31N3O3/c1-14-11-16(17(26-6)12-15(14)2)18(24)22-7-9-23(10-8-22)19(25)21-13-20(3,4)5/h11-12H,7-10,13H2,1-6H3,(H,21,25). The number of nitrogens with zero attached hydrogens (tertiary/aromatic N) is 2. The molecule has 0 unspecified atom stereocenters. The molecular weight excluding hydrogens is 330 g/mol. The van der Waals surface area contributed by atoms with E-state index in [0.717, 1.165) is 11.1 Å². The molecule has 1 saturated heterocycles. The lowest BCUT2D eigenvalue weighted by Gasteiger charge is -2.35. The molecule has 6 nitrogen and oxygen atoms in total. The second kappa shape index (κ2) is 7.98. The normalized spacial score (nSPS) is 15.0. The first kappa shape index (κ1) is 20.1. The molecule has 1 fully saturated rings. The summed E-state index contributed by atoms with van der Waals surface area (Å²) in [5.41, 5.74) is 2.79. The van der Waals surface area contributed by atoms with Gasteiger partial charge in [0.1, 0.15) is 5.75 Å². The summed E-state index contributed by atoms with van der Waals surface area (Å²) in [6.07, 6.45) is 0. The average Bonchev–Trinajstić information content (AvgIpc) is 2.60. The Morgan fingerprint density at radius 1 is 1.04 bits per heavy atom. The van der Waals surface area contributed by atoms with Gasteiger partial charge >= 0.3 is 6.03 Å². The lowest BCUT2D eigenvalue weighted by atomic mass is 9.97. The molecule has 0 aromatic heterocycles. The van der Waals surface area contributed by atoms with E-state index in [4.69, 9.17) is 4.74 Å². The van der Waals surface area contributed by atoms with E-state index in [2.05, 4.69) is 26.1 Å². The van der Waals surface area contributed by atoms with E-state index in [1.807, 2.05) is 26.0 Å². The predicted molar refractivity (Wildman–Crippen MR) is 103 cm³/mol. The number of benzene rings is 1. The molecule has 1 heterocycles. The number of aryl methyl sites for hydroxylation is 2. The van der Waals surface area contributed by atoms with E-state index in [0.29, 0.717) is 44.0 Å². The summed E-state index contributed by atoms with van der Waals surface area (Å²) in [7, 11) is 1.58. The number of methoxy groups -OCH3 is 1. The molecule has 0 spiro atoms. The Bertz CT molecular complexity index is 672. The van der Waals surface area contributed by atoms with Crippen LogP contribution >= 0.6 is 0 Å². The molecule has 6 heteroatoms. The fraction of sp³-hybridized carbons (Fsp3) is 0.600. The Morgan fingerprint density at radius 2 is 1.58 bits per heavy atom. The second-order valence-electron chi connectivity index (χ2n) is 8.14. The molecule has 1 aliphatic heterocycles. The topological polar surface area (TPSA) is 61.9 Å². The van der Waals surface area contributed by atoms with Crippen LogP contribution in [0.1, 0.15) is 42.3 Å². The van der Waals surface area contributed by atoms with Crippen molar-refractivity contribution in [2.75, 3.05) is 39.8 Å². The van der Waals surface area contributed by atoms with Crippen LogP contribution in [-0.2, 0) is 0 Å². The fourth-order valence-corrected chi connectivity index (χ4v) is 2.86. The van der Waals surface area contributed by atoms with Crippen LogP contribution in [0.25, 0.3) is 0 Å². The van der Waals surface area contributed by atoms with Crippen molar-refractivity contribution in [3.8, 4) is 5.75 Å². The van der Waals surface area contributed by atoms with E-state index in [1.165, 1.54) is 0 Å². The summed E-state index contributed by atoms with van der Waals surface area (Å²) in [4.78, 5) is 28.7. The van der Waals surface area contributed by atoms with Crippen LogP contribution in [-0.4, -0.2) is 61.6 Å². The number of amides is 3. The van der Waals surface area contributed by atoms with Crippen LogP contribution in [0.3, 0.4) is 0 Å². The van der Waals surface area contributed by atoms with Gasteiger partial charge in [0.15, 0.2) is 0 Å². The molecule has 2 rings (SSSR count). The van der Waals surface area contributed by atoms with Gasteiger partial charge in [-0.1, -0.05) is 20.8 Å². The number of carbonyl (C=O) groups excluding carboxylic acids is 2. The van der Waals surface area contributed by atoms with E-state index in [-0.39, 0.29) is 17.4 Å². The molecule has 26 heavy (non-hydrogen) atoms. The van der Waals surface area contributed by atoms with Crippen molar-refractivity contribution in [2.24, 2.45) is 5.41 Å². The van der Waals surface area contributed by atoms with Crippen molar-refractivity contribution < 1.29 is 14.3 Å². The summed E-state index contributed by atoms with van der Waals surface area (Å²) in [5.74, 6) is 0.558. The number of piperazine rings is 1. The van der Waals surface area contributed by atoms with Crippen LogP contribution < -0.4 is 10.1 Å². The number of hydrogen-bond donors (Lipinski definition) is 1. The smallest absolute Gasteiger partial charge is 0.317 e. The molecule has 0 radical (unpaired) electrons. The minimum Gasteiger partial charge on any atom is -0.496 e. The van der Waals surface area contributed by atoms with Gasteiger partial charge in [0, 0.05) is 32.7 Å². The van der Waals surface area contributed by atoms with Gasteiger partial charge in [0.25, 0.3) is 5.91 Å². The predicted octanol–water partition coefficient (Wildman–Crippen LogP) is 2.83. The van der Waals surface area contributed by atoms with Crippen molar-refractivity contribution in [3.63, 3.8) is 0 Å². The Labute approximate surface area is 156 Å². The van der Waals surface area contributed by atoms with Crippen molar-refractivity contribution in [2.45, 2.75) is 34.6 Å². The molecule has 0 aliphatic carbocycles. The zero-order chi connectivity index (χ0) is 19.5. The summed E-state index contributed by atoms with van der Waals surface area (Å²) in [6.45, 7) is 13.0. The number of carbonyl (C=O) groups is 2. The molecule has 1 aromatic rings. The molecule has 3 amide bonds. The number of hydrogen-bond acceptors (Lipinski definition) is 3. The Morgan fingerprint density at radius 3 is 2.12 bits per heavy atom. The monoisotopic (exact) mass is 361 g/mol. The minimum atomic E-state index is -0.0595. The van der Waals surface area contributed by atoms with Crippen LogP contribution in [0.15, 0.2) is 12.1 Å². The van der Waals surface area contributed by atoms with Crippen molar-refractivity contribution >= 4 is 11.9 Å². The van der Waals surface area contributed by atoms with Crippen LogP contribution in [0.2, 0.25) is 0 Å². The molecule has 0 atom stereocenters. The lowest BCUT2D eigenvalue weighted by Crippen LogP contribution is -2.53. The van der Waals surface area contributed by atoms with E-state index < -0.39 is 0 Å².